The summed E-state index contributed by atoms with van der Waals surface area (Å²) in [5.41, 5.74) is 1.99. The van der Waals surface area contributed by atoms with Crippen molar-refractivity contribution in [3.8, 4) is 0 Å². The van der Waals surface area contributed by atoms with Gasteiger partial charge in [-0.1, -0.05) is 12.1 Å². The van der Waals surface area contributed by atoms with E-state index in [0.29, 0.717) is 23.2 Å². The molecule has 1 aromatic heterocycles. The fraction of sp³-hybridized carbons (Fsp3) is 0.333. The predicted molar refractivity (Wildman–Crippen MR) is 101 cm³/mol. The quantitative estimate of drug-likeness (QED) is 0.558. The lowest BCUT2D eigenvalue weighted by molar-refractivity contribution is -0.165. The Labute approximate surface area is 171 Å². The van der Waals surface area contributed by atoms with Crippen LogP contribution in [0, 0.1) is 0 Å². The van der Waals surface area contributed by atoms with Crippen molar-refractivity contribution in [3.63, 3.8) is 0 Å². The van der Waals surface area contributed by atoms with Crippen LogP contribution < -0.4 is 4.90 Å². The zero-order valence-electron chi connectivity index (χ0n) is 16.2. The molecule has 2 aliphatic carbocycles. The van der Waals surface area contributed by atoms with Crippen molar-refractivity contribution in [1.29, 1.82) is 0 Å². The average Bonchev–Trinajstić information content (AvgIpc) is 3.31. The Morgan fingerprint density at radius 1 is 0.967 bits per heavy atom. The van der Waals surface area contributed by atoms with E-state index in [-0.39, 0.29) is 17.8 Å². The summed E-state index contributed by atoms with van der Waals surface area (Å²) in [4.78, 5) is 58.4. The van der Waals surface area contributed by atoms with Crippen molar-refractivity contribution in [2.75, 3.05) is 4.90 Å². The first kappa shape index (κ1) is 18.4. The van der Waals surface area contributed by atoms with Gasteiger partial charge in [0, 0.05) is 31.9 Å². The molecule has 5 rings (SSSR count). The summed E-state index contributed by atoms with van der Waals surface area (Å²) in [6, 6.07) is 6.56. The van der Waals surface area contributed by atoms with Crippen molar-refractivity contribution in [1.82, 2.24) is 9.97 Å². The number of esters is 2. The van der Waals surface area contributed by atoms with Gasteiger partial charge in [-0.25, -0.2) is 14.9 Å². The number of aromatic nitrogens is 2. The standard InChI is InChI=1S/C21H17N3O6/c1-9(25)29-17-13-7-14(18(17)30-10(2)26)16-15(13)8-22-21(23-16)24-19(27)11-5-3-4-6-12(11)20(24)28/h3-6,8,13-14,17-18H,7H2,1-2H3/t13-,14+,17-,18+/m0/s1. The van der Waals surface area contributed by atoms with E-state index < -0.39 is 36.0 Å². The number of nitrogens with zero attached hydrogens (tertiary/aromatic N) is 3. The number of ether oxygens (including phenoxy) is 2. The van der Waals surface area contributed by atoms with Crippen LogP contribution in [-0.2, 0) is 19.1 Å². The number of hydrogen-bond acceptors (Lipinski definition) is 8. The molecule has 0 radical (unpaired) electrons. The van der Waals surface area contributed by atoms with Crippen molar-refractivity contribution in [2.45, 2.75) is 44.3 Å². The Hall–Kier alpha value is -3.62. The van der Waals surface area contributed by atoms with Gasteiger partial charge in [0.15, 0.2) is 0 Å². The summed E-state index contributed by atoms with van der Waals surface area (Å²) in [5, 5.41) is 0. The minimum atomic E-state index is -0.672. The molecule has 9 nitrogen and oxygen atoms in total. The maximum absolute atomic E-state index is 12.7. The van der Waals surface area contributed by atoms with Gasteiger partial charge in [-0.05, 0) is 24.1 Å². The van der Waals surface area contributed by atoms with Crippen LogP contribution in [0.2, 0.25) is 0 Å². The van der Waals surface area contributed by atoms with Crippen LogP contribution in [0.1, 0.15) is 64.1 Å². The van der Waals surface area contributed by atoms with Crippen LogP contribution >= 0.6 is 0 Å². The molecule has 0 N–H and O–H groups in total. The zero-order valence-corrected chi connectivity index (χ0v) is 16.2. The highest BCUT2D eigenvalue weighted by Gasteiger charge is 2.56. The molecule has 2 heterocycles. The molecule has 152 valence electrons. The third-order valence-electron chi connectivity index (χ3n) is 5.81. The van der Waals surface area contributed by atoms with Crippen LogP contribution in [-0.4, -0.2) is 45.9 Å². The fourth-order valence-electron chi connectivity index (χ4n) is 4.71. The number of hydrogen-bond donors (Lipinski definition) is 0. The van der Waals surface area contributed by atoms with Crippen molar-refractivity contribution < 1.29 is 28.7 Å². The molecule has 2 aromatic rings. The predicted octanol–water partition coefficient (Wildman–Crippen LogP) is 1.73. The second-order valence-corrected chi connectivity index (χ2v) is 7.60. The van der Waals surface area contributed by atoms with Gasteiger partial charge in [0.2, 0.25) is 5.95 Å². The molecule has 2 amide bonds. The number of amides is 2. The highest BCUT2D eigenvalue weighted by molar-refractivity contribution is 6.33. The van der Waals surface area contributed by atoms with E-state index in [0.717, 1.165) is 10.5 Å². The Kier molecular flexibility index (Phi) is 3.96. The summed E-state index contributed by atoms with van der Waals surface area (Å²) < 4.78 is 10.9. The maximum atomic E-state index is 12.7. The molecule has 3 aliphatic rings. The zero-order chi connectivity index (χ0) is 21.2. The molecule has 9 heteroatoms. The third kappa shape index (κ3) is 2.54. The van der Waals surface area contributed by atoms with Crippen LogP contribution in [0.3, 0.4) is 0 Å². The van der Waals surface area contributed by atoms with Gasteiger partial charge < -0.3 is 9.47 Å². The van der Waals surface area contributed by atoms with Crippen LogP contribution in [0.5, 0.6) is 0 Å². The molecule has 0 spiro atoms. The number of benzene rings is 1. The Morgan fingerprint density at radius 3 is 2.10 bits per heavy atom. The molecule has 2 bridgehead atoms. The van der Waals surface area contributed by atoms with Gasteiger partial charge >= 0.3 is 11.9 Å². The summed E-state index contributed by atoms with van der Waals surface area (Å²) in [7, 11) is 0. The molecule has 30 heavy (non-hydrogen) atoms. The Morgan fingerprint density at radius 2 is 1.53 bits per heavy atom. The number of carbonyl (C=O) groups excluding carboxylic acids is 4. The monoisotopic (exact) mass is 407 g/mol. The minimum absolute atomic E-state index is 0.0156. The molecule has 1 aliphatic heterocycles. The minimum Gasteiger partial charge on any atom is -0.458 e. The van der Waals surface area contributed by atoms with E-state index in [1.54, 1.807) is 30.5 Å². The molecule has 0 unspecified atom stereocenters. The highest BCUT2D eigenvalue weighted by atomic mass is 16.6. The van der Waals surface area contributed by atoms with Gasteiger partial charge in [-0.2, -0.15) is 0 Å². The van der Waals surface area contributed by atoms with E-state index >= 15 is 0 Å². The molecule has 0 saturated heterocycles. The van der Waals surface area contributed by atoms with Gasteiger partial charge in [-0.15, -0.1) is 0 Å². The molecule has 1 fully saturated rings. The molecular weight excluding hydrogens is 390 g/mol. The lowest BCUT2D eigenvalue weighted by Gasteiger charge is -2.31. The number of imide groups is 1. The molecule has 1 saturated carbocycles. The van der Waals surface area contributed by atoms with Crippen LogP contribution in [0.25, 0.3) is 0 Å². The van der Waals surface area contributed by atoms with Crippen molar-refractivity contribution in [2.24, 2.45) is 0 Å². The molecular formula is C21H17N3O6. The van der Waals surface area contributed by atoms with Crippen molar-refractivity contribution >= 4 is 29.7 Å². The van der Waals surface area contributed by atoms with Gasteiger partial charge in [0.1, 0.15) is 12.2 Å². The second kappa shape index (κ2) is 6.45. The number of carbonyl (C=O) groups is 4. The number of fused-ring (bicyclic) bond motifs is 6. The summed E-state index contributed by atoms with van der Waals surface area (Å²) >= 11 is 0. The second-order valence-electron chi connectivity index (χ2n) is 7.60. The van der Waals surface area contributed by atoms with E-state index in [9.17, 15) is 19.2 Å². The summed E-state index contributed by atoms with van der Waals surface area (Å²) in [6.45, 7) is 2.60. The van der Waals surface area contributed by atoms with E-state index in [1.165, 1.54) is 13.8 Å². The first-order chi connectivity index (χ1) is 14.4. The first-order valence-electron chi connectivity index (χ1n) is 9.56. The molecule has 1 aromatic carbocycles. The lowest BCUT2D eigenvalue weighted by Crippen LogP contribution is -2.39. The number of anilines is 1. The maximum Gasteiger partial charge on any atom is 0.303 e. The smallest absolute Gasteiger partial charge is 0.303 e. The van der Waals surface area contributed by atoms with E-state index in [4.69, 9.17) is 9.47 Å². The van der Waals surface area contributed by atoms with Crippen LogP contribution in [0.4, 0.5) is 5.95 Å². The van der Waals surface area contributed by atoms with E-state index in [2.05, 4.69) is 9.97 Å². The van der Waals surface area contributed by atoms with Gasteiger partial charge in [0.25, 0.3) is 11.8 Å². The summed E-state index contributed by atoms with van der Waals surface area (Å²) in [6.07, 6.45) is 0.851. The van der Waals surface area contributed by atoms with Gasteiger partial charge in [-0.3, -0.25) is 19.2 Å². The topological polar surface area (TPSA) is 116 Å². The lowest BCUT2D eigenvalue weighted by atomic mass is 9.92. The van der Waals surface area contributed by atoms with Crippen LogP contribution in [0.15, 0.2) is 30.5 Å². The SMILES string of the molecule is CC(=O)O[C@@H]1[C@H](OC(C)=O)[C@@H]2C[C@H]1c1cnc(N3C(=O)c4ccccc4C3=O)nc12. The highest BCUT2D eigenvalue weighted by Crippen LogP contribution is 2.54. The fourth-order valence-corrected chi connectivity index (χ4v) is 4.71. The van der Waals surface area contributed by atoms with Crippen molar-refractivity contribution in [3.05, 3.63) is 52.8 Å². The third-order valence-corrected chi connectivity index (χ3v) is 5.81. The molecule has 4 atom stereocenters. The normalized spacial score (nSPS) is 25.9. The van der Waals surface area contributed by atoms with E-state index in [1.807, 2.05) is 0 Å². The average molecular weight is 407 g/mol. The summed E-state index contributed by atoms with van der Waals surface area (Å²) in [5.74, 6) is -2.44. The Balaban J connectivity index is 1.53. The Bertz CT molecular complexity index is 1090. The number of rotatable bonds is 3. The first-order valence-corrected chi connectivity index (χ1v) is 9.56. The largest absolute Gasteiger partial charge is 0.458 e. The van der Waals surface area contributed by atoms with Gasteiger partial charge in [0.05, 0.1) is 16.8 Å².